The molecule has 0 saturated heterocycles. The Kier molecular flexibility index (Phi) is 4.05. The molecule has 0 unspecified atom stereocenters. The van der Waals surface area contributed by atoms with Crippen molar-refractivity contribution in [3.05, 3.63) is 70.9 Å². The number of alkyl halides is 3. The van der Waals surface area contributed by atoms with Crippen LogP contribution in [0.2, 0.25) is 0 Å². The van der Waals surface area contributed by atoms with E-state index in [1.165, 1.54) is 12.1 Å². The maximum absolute atomic E-state index is 12.5. The van der Waals surface area contributed by atoms with E-state index in [0.29, 0.717) is 6.54 Å². The average Bonchev–Trinajstić information content (AvgIpc) is 2.91. The molecule has 0 bridgehead atoms. The highest BCUT2D eigenvalue weighted by Crippen LogP contribution is 2.29. The van der Waals surface area contributed by atoms with Gasteiger partial charge in [-0.2, -0.15) is 13.2 Å². The Hall–Kier alpha value is -2.76. The lowest BCUT2D eigenvalue weighted by Crippen LogP contribution is -2.22. The van der Waals surface area contributed by atoms with Crippen molar-refractivity contribution >= 4 is 16.8 Å². The normalized spacial score (nSPS) is 11.7. The molecule has 124 valence electrons. The molecule has 0 saturated carbocycles. The summed E-state index contributed by atoms with van der Waals surface area (Å²) in [5, 5.41) is 3.76. The van der Waals surface area contributed by atoms with E-state index in [1.54, 1.807) is 0 Å². The first-order valence-electron chi connectivity index (χ1n) is 7.36. The van der Waals surface area contributed by atoms with Crippen molar-refractivity contribution in [1.82, 2.24) is 10.3 Å². The van der Waals surface area contributed by atoms with E-state index in [1.807, 2.05) is 31.2 Å². The van der Waals surface area contributed by atoms with Gasteiger partial charge in [0, 0.05) is 23.3 Å². The molecule has 6 heteroatoms. The summed E-state index contributed by atoms with van der Waals surface area (Å²) in [5.41, 5.74) is 2.41. The summed E-state index contributed by atoms with van der Waals surface area (Å²) in [6, 6.07) is 12.0. The van der Waals surface area contributed by atoms with Crippen molar-refractivity contribution in [1.29, 1.82) is 0 Å². The fourth-order valence-corrected chi connectivity index (χ4v) is 2.53. The van der Waals surface area contributed by atoms with Gasteiger partial charge in [0.1, 0.15) is 0 Å². The Labute approximate surface area is 136 Å². The molecule has 3 rings (SSSR count). The fourth-order valence-electron chi connectivity index (χ4n) is 2.53. The highest BCUT2D eigenvalue weighted by atomic mass is 19.4. The summed E-state index contributed by atoms with van der Waals surface area (Å²) in [7, 11) is 0. The van der Waals surface area contributed by atoms with E-state index in [4.69, 9.17) is 0 Å². The minimum absolute atomic E-state index is 0.196. The summed E-state index contributed by atoms with van der Waals surface area (Å²) < 4.78 is 37.5. The number of hydrogen-bond donors (Lipinski definition) is 2. The van der Waals surface area contributed by atoms with Gasteiger partial charge in [-0.3, -0.25) is 4.79 Å². The van der Waals surface area contributed by atoms with Crippen molar-refractivity contribution < 1.29 is 18.0 Å². The molecule has 0 spiro atoms. The maximum Gasteiger partial charge on any atom is 0.416 e. The SMILES string of the molecule is Cc1cc2cc(CNC(=O)c3ccc(C(F)(F)F)cc3)ccc2[nH]1. The van der Waals surface area contributed by atoms with Crippen LogP contribution >= 0.6 is 0 Å². The molecule has 3 nitrogen and oxygen atoms in total. The van der Waals surface area contributed by atoms with Gasteiger partial charge in [-0.25, -0.2) is 0 Å². The number of hydrogen-bond acceptors (Lipinski definition) is 1. The first-order valence-corrected chi connectivity index (χ1v) is 7.36. The smallest absolute Gasteiger partial charge is 0.359 e. The minimum atomic E-state index is -4.40. The van der Waals surface area contributed by atoms with Crippen LogP contribution in [-0.4, -0.2) is 10.9 Å². The molecule has 1 heterocycles. The molecule has 0 aliphatic rings. The zero-order chi connectivity index (χ0) is 17.3. The van der Waals surface area contributed by atoms with E-state index in [-0.39, 0.29) is 5.56 Å². The molecule has 2 N–H and O–H groups in total. The number of aromatic nitrogens is 1. The lowest BCUT2D eigenvalue weighted by Gasteiger charge is -2.08. The number of aromatic amines is 1. The van der Waals surface area contributed by atoms with Crippen LogP contribution in [-0.2, 0) is 12.7 Å². The Morgan fingerprint density at radius 3 is 2.46 bits per heavy atom. The first-order chi connectivity index (χ1) is 11.3. The van der Waals surface area contributed by atoms with E-state index >= 15 is 0 Å². The molecular weight excluding hydrogens is 317 g/mol. The van der Waals surface area contributed by atoms with Crippen LogP contribution in [0.15, 0.2) is 48.5 Å². The molecule has 0 radical (unpaired) electrons. The molecule has 1 amide bonds. The Morgan fingerprint density at radius 1 is 1.08 bits per heavy atom. The summed E-state index contributed by atoms with van der Waals surface area (Å²) in [6.45, 7) is 2.27. The molecule has 0 atom stereocenters. The van der Waals surface area contributed by atoms with Gasteiger partial charge in [0.15, 0.2) is 0 Å². The van der Waals surface area contributed by atoms with E-state index in [2.05, 4.69) is 10.3 Å². The van der Waals surface area contributed by atoms with Gasteiger partial charge in [-0.05, 0) is 60.3 Å². The number of H-pyrrole nitrogens is 1. The lowest BCUT2D eigenvalue weighted by atomic mass is 10.1. The number of aryl methyl sites for hydroxylation is 1. The third-order valence-corrected chi connectivity index (χ3v) is 3.75. The number of carbonyl (C=O) groups excluding carboxylic acids is 1. The number of carbonyl (C=O) groups is 1. The summed E-state index contributed by atoms with van der Waals surface area (Å²) in [4.78, 5) is 15.3. The zero-order valence-corrected chi connectivity index (χ0v) is 12.9. The topological polar surface area (TPSA) is 44.9 Å². The van der Waals surface area contributed by atoms with Crippen LogP contribution in [0, 0.1) is 6.92 Å². The third kappa shape index (κ3) is 3.42. The highest BCUT2D eigenvalue weighted by Gasteiger charge is 2.30. The monoisotopic (exact) mass is 332 g/mol. The van der Waals surface area contributed by atoms with Gasteiger partial charge in [-0.15, -0.1) is 0 Å². The largest absolute Gasteiger partial charge is 0.416 e. The number of nitrogens with one attached hydrogen (secondary N) is 2. The molecule has 24 heavy (non-hydrogen) atoms. The molecule has 0 aliphatic heterocycles. The highest BCUT2D eigenvalue weighted by molar-refractivity contribution is 5.94. The number of amides is 1. The molecule has 0 fully saturated rings. The average molecular weight is 332 g/mol. The van der Waals surface area contributed by atoms with Gasteiger partial charge in [0.05, 0.1) is 5.56 Å². The molecule has 3 aromatic rings. The third-order valence-electron chi connectivity index (χ3n) is 3.75. The zero-order valence-electron chi connectivity index (χ0n) is 12.9. The van der Waals surface area contributed by atoms with Crippen LogP contribution in [0.5, 0.6) is 0 Å². The van der Waals surface area contributed by atoms with Crippen molar-refractivity contribution in [3.63, 3.8) is 0 Å². The fraction of sp³-hybridized carbons (Fsp3) is 0.167. The standard InChI is InChI=1S/C18H15F3N2O/c1-11-8-14-9-12(2-7-16(14)23-11)10-22-17(24)13-3-5-15(6-4-13)18(19,20)21/h2-9,23H,10H2,1H3,(H,22,24). The van der Waals surface area contributed by atoms with Gasteiger partial charge < -0.3 is 10.3 Å². The van der Waals surface area contributed by atoms with Crippen LogP contribution in [0.3, 0.4) is 0 Å². The number of halogens is 3. The van der Waals surface area contributed by atoms with E-state index in [0.717, 1.165) is 34.3 Å². The van der Waals surface area contributed by atoms with Crippen LogP contribution in [0.25, 0.3) is 10.9 Å². The van der Waals surface area contributed by atoms with Crippen molar-refractivity contribution in [3.8, 4) is 0 Å². The second kappa shape index (κ2) is 6.03. The second-order valence-electron chi connectivity index (χ2n) is 5.63. The van der Waals surface area contributed by atoms with Gasteiger partial charge >= 0.3 is 6.18 Å². The van der Waals surface area contributed by atoms with E-state index < -0.39 is 17.6 Å². The molecular formula is C18H15F3N2O. The van der Waals surface area contributed by atoms with Crippen molar-refractivity contribution in [2.24, 2.45) is 0 Å². The molecule has 0 aliphatic carbocycles. The van der Waals surface area contributed by atoms with Crippen LogP contribution < -0.4 is 5.32 Å². The number of fused-ring (bicyclic) bond motifs is 1. The Balaban J connectivity index is 1.67. The number of benzene rings is 2. The summed E-state index contributed by atoms with van der Waals surface area (Å²) in [6.07, 6.45) is -4.40. The Bertz CT molecular complexity index is 879. The van der Waals surface area contributed by atoms with Crippen LogP contribution in [0.4, 0.5) is 13.2 Å². The summed E-state index contributed by atoms with van der Waals surface area (Å²) in [5.74, 6) is -0.408. The lowest BCUT2D eigenvalue weighted by molar-refractivity contribution is -0.137. The van der Waals surface area contributed by atoms with Crippen molar-refractivity contribution in [2.75, 3.05) is 0 Å². The van der Waals surface area contributed by atoms with Gasteiger partial charge in [-0.1, -0.05) is 6.07 Å². The minimum Gasteiger partial charge on any atom is -0.359 e. The van der Waals surface area contributed by atoms with Gasteiger partial charge in [0.2, 0.25) is 0 Å². The Morgan fingerprint density at radius 2 is 1.79 bits per heavy atom. The molecule has 2 aromatic carbocycles. The predicted molar refractivity (Wildman–Crippen MR) is 85.6 cm³/mol. The summed E-state index contributed by atoms with van der Waals surface area (Å²) >= 11 is 0. The second-order valence-corrected chi connectivity index (χ2v) is 5.63. The van der Waals surface area contributed by atoms with Gasteiger partial charge in [0.25, 0.3) is 5.91 Å². The molecule has 1 aromatic heterocycles. The quantitative estimate of drug-likeness (QED) is 0.732. The van der Waals surface area contributed by atoms with E-state index in [9.17, 15) is 18.0 Å². The number of rotatable bonds is 3. The predicted octanol–water partition coefficient (Wildman–Crippen LogP) is 4.43. The van der Waals surface area contributed by atoms with Crippen molar-refractivity contribution in [2.45, 2.75) is 19.6 Å². The van der Waals surface area contributed by atoms with Crippen LogP contribution in [0.1, 0.15) is 27.2 Å². The maximum atomic E-state index is 12.5. The first kappa shape index (κ1) is 16.1.